The predicted molar refractivity (Wildman–Crippen MR) is 281 cm³/mol. The lowest BCUT2D eigenvalue weighted by Gasteiger charge is -2.37. The Bertz CT molecular complexity index is 3800. The lowest BCUT2D eigenvalue weighted by molar-refractivity contribution is 0.752. The molecule has 326 valence electrons. The number of aromatic nitrogens is 6. The fourth-order valence-electron chi connectivity index (χ4n) is 11.2. The van der Waals surface area contributed by atoms with Gasteiger partial charge >= 0.3 is 0 Å². The number of benzene rings is 6. The molecule has 0 saturated carbocycles. The maximum absolute atomic E-state index is 5.35. The summed E-state index contributed by atoms with van der Waals surface area (Å²) in [5.74, 6) is 0. The Kier molecular flexibility index (Phi) is 9.21. The van der Waals surface area contributed by atoms with Crippen LogP contribution in [0.2, 0.25) is 0 Å². The normalized spacial score (nSPS) is 12.8. The number of rotatable bonds is 6. The van der Waals surface area contributed by atoms with Gasteiger partial charge in [-0.25, -0.2) is 9.97 Å². The summed E-state index contributed by atoms with van der Waals surface area (Å²) in [5.41, 5.74) is 22.7. The average molecular weight is 885 g/mol. The van der Waals surface area contributed by atoms with E-state index in [4.69, 9.17) is 29.9 Å². The van der Waals surface area contributed by atoms with Crippen LogP contribution in [0.25, 0.3) is 99.8 Å². The van der Waals surface area contributed by atoms with Gasteiger partial charge in [-0.3, -0.25) is 19.9 Å². The monoisotopic (exact) mass is 884 g/mol. The molecule has 6 heteroatoms. The highest BCUT2D eigenvalue weighted by Crippen LogP contribution is 2.59. The summed E-state index contributed by atoms with van der Waals surface area (Å²) in [5, 5.41) is 4.29. The molecule has 0 saturated heterocycles. The molecule has 12 aromatic rings. The van der Waals surface area contributed by atoms with Crippen LogP contribution in [-0.4, -0.2) is 29.9 Å². The Balaban J connectivity index is 1.09. The number of hydrogen-bond acceptors (Lipinski definition) is 6. The Hall–Kier alpha value is -8.74. The van der Waals surface area contributed by atoms with Crippen LogP contribution in [0.4, 0.5) is 0 Å². The predicted octanol–water partition coefficient (Wildman–Crippen LogP) is 14.9. The summed E-state index contributed by atoms with van der Waals surface area (Å²) in [7, 11) is 0. The first-order chi connectivity index (χ1) is 33.8. The van der Waals surface area contributed by atoms with Crippen LogP contribution in [0, 0.1) is 27.7 Å². The van der Waals surface area contributed by atoms with Crippen molar-refractivity contribution in [3.8, 4) is 56.2 Å². The van der Waals surface area contributed by atoms with Crippen molar-refractivity contribution in [2.45, 2.75) is 33.1 Å². The largest absolute Gasteiger partial charge is 0.256 e. The van der Waals surface area contributed by atoms with Gasteiger partial charge in [0.1, 0.15) is 0 Å². The zero-order valence-electron chi connectivity index (χ0n) is 38.7. The molecule has 6 heterocycles. The van der Waals surface area contributed by atoms with Gasteiger partial charge in [0.05, 0.1) is 50.3 Å². The molecule has 0 bridgehead atoms. The fraction of sp³-hybridized carbons (Fsp3) is 0.0794. The topological polar surface area (TPSA) is 77.3 Å². The molecule has 1 aliphatic carbocycles. The van der Waals surface area contributed by atoms with E-state index >= 15 is 0 Å². The molecule has 6 aromatic heterocycles. The van der Waals surface area contributed by atoms with E-state index in [2.05, 4.69) is 173 Å². The molecule has 0 spiro atoms. The third-order valence-electron chi connectivity index (χ3n) is 14.4. The summed E-state index contributed by atoms with van der Waals surface area (Å²) in [6, 6.07) is 61.1. The van der Waals surface area contributed by atoms with Crippen LogP contribution < -0.4 is 0 Å². The van der Waals surface area contributed by atoms with Crippen molar-refractivity contribution in [2.24, 2.45) is 0 Å². The molecule has 6 aromatic carbocycles. The van der Waals surface area contributed by atoms with E-state index in [0.717, 1.165) is 111 Å². The second-order valence-corrected chi connectivity index (χ2v) is 18.5. The van der Waals surface area contributed by atoms with Gasteiger partial charge in [0.25, 0.3) is 0 Å². The molecule has 0 radical (unpaired) electrons. The van der Waals surface area contributed by atoms with E-state index in [0.29, 0.717) is 0 Å². The quantitative estimate of drug-likeness (QED) is 0.155. The highest BCUT2D eigenvalue weighted by molar-refractivity contribution is 6.04. The Morgan fingerprint density at radius 2 is 0.710 bits per heavy atom. The number of nitrogens with zero attached hydrogens (tertiary/aromatic N) is 6. The average Bonchev–Trinajstić information content (AvgIpc) is 3.69. The molecule has 13 rings (SSSR count). The maximum atomic E-state index is 5.35. The van der Waals surface area contributed by atoms with Gasteiger partial charge in [0.15, 0.2) is 0 Å². The summed E-state index contributed by atoms with van der Waals surface area (Å²) >= 11 is 0. The van der Waals surface area contributed by atoms with Crippen LogP contribution in [0.5, 0.6) is 0 Å². The second-order valence-electron chi connectivity index (χ2n) is 18.5. The molecular formula is C63H44N6. The van der Waals surface area contributed by atoms with Crippen molar-refractivity contribution in [2.75, 3.05) is 0 Å². The van der Waals surface area contributed by atoms with Crippen LogP contribution in [-0.2, 0) is 5.41 Å². The van der Waals surface area contributed by atoms with Gasteiger partial charge in [0, 0.05) is 68.6 Å². The standard InChI is InChI=1S/C63H44N6/c1-37-33-51(39(3)31-49(37)57-25-21-43-17-15-41-11-9-29-66-59(41)61(43)68-57)63(52-34-38(2)50(32-40(52)4)58-26-22-44-18-16-42-12-10-30-67-60(42)62(44)69-58)53-35-45(55-13-5-7-27-64-55)19-23-47(53)48-24-20-46(36-54(48)63)56-14-6-8-28-65-56/h5-36H,1-4H3. The zero-order valence-corrected chi connectivity index (χ0v) is 38.7. The number of aryl methyl sites for hydroxylation is 4. The third-order valence-corrected chi connectivity index (χ3v) is 14.4. The van der Waals surface area contributed by atoms with Crippen molar-refractivity contribution in [1.29, 1.82) is 0 Å². The third kappa shape index (κ3) is 6.33. The smallest absolute Gasteiger partial charge is 0.0972 e. The minimum atomic E-state index is -0.769. The summed E-state index contributed by atoms with van der Waals surface area (Å²) in [4.78, 5) is 30.0. The first kappa shape index (κ1) is 40.5. The van der Waals surface area contributed by atoms with Crippen LogP contribution in [0.15, 0.2) is 195 Å². The van der Waals surface area contributed by atoms with Gasteiger partial charge in [-0.2, -0.15) is 0 Å². The SMILES string of the molecule is Cc1cc(C2(c3cc(C)c(-c4ccc5ccc6cccnc6c5n4)cc3C)c3cc(-c4ccccn4)ccc3-c3ccc(-c4ccccn4)cc32)c(C)cc1-c1ccc2ccc3cccnc3c2n1. The van der Waals surface area contributed by atoms with Crippen LogP contribution >= 0.6 is 0 Å². The van der Waals surface area contributed by atoms with E-state index in [1.54, 1.807) is 0 Å². The molecule has 6 nitrogen and oxygen atoms in total. The molecule has 1 aliphatic rings. The minimum absolute atomic E-state index is 0.769. The highest BCUT2D eigenvalue weighted by Gasteiger charge is 2.48. The minimum Gasteiger partial charge on any atom is -0.256 e. The zero-order chi connectivity index (χ0) is 46.4. The molecule has 0 fully saturated rings. The molecular weight excluding hydrogens is 841 g/mol. The van der Waals surface area contributed by atoms with E-state index in [9.17, 15) is 0 Å². The van der Waals surface area contributed by atoms with Crippen molar-refractivity contribution < 1.29 is 0 Å². The second kappa shape index (κ2) is 15.7. The molecule has 0 N–H and O–H groups in total. The van der Waals surface area contributed by atoms with Crippen molar-refractivity contribution in [3.05, 3.63) is 239 Å². The van der Waals surface area contributed by atoms with Crippen molar-refractivity contribution >= 4 is 43.6 Å². The number of pyridine rings is 6. The fourth-order valence-corrected chi connectivity index (χ4v) is 11.2. The Labute approximate surface area is 400 Å². The van der Waals surface area contributed by atoms with Crippen molar-refractivity contribution in [3.63, 3.8) is 0 Å². The lowest BCUT2D eigenvalue weighted by Crippen LogP contribution is -2.31. The van der Waals surface area contributed by atoms with Gasteiger partial charge < -0.3 is 0 Å². The van der Waals surface area contributed by atoms with E-state index in [1.165, 1.54) is 33.4 Å². The summed E-state index contributed by atoms with van der Waals surface area (Å²) < 4.78 is 0. The summed E-state index contributed by atoms with van der Waals surface area (Å²) in [6.07, 6.45) is 7.45. The molecule has 0 atom stereocenters. The van der Waals surface area contributed by atoms with E-state index < -0.39 is 5.41 Å². The summed E-state index contributed by atoms with van der Waals surface area (Å²) in [6.45, 7) is 9.01. The molecule has 0 amide bonds. The Morgan fingerprint density at radius 1 is 0.290 bits per heavy atom. The molecule has 0 aliphatic heterocycles. The van der Waals surface area contributed by atoms with E-state index in [-0.39, 0.29) is 0 Å². The van der Waals surface area contributed by atoms with Gasteiger partial charge in [-0.1, -0.05) is 97.1 Å². The Morgan fingerprint density at radius 3 is 1.14 bits per heavy atom. The van der Waals surface area contributed by atoms with E-state index in [1.807, 2.05) is 49.1 Å². The first-order valence-corrected chi connectivity index (χ1v) is 23.5. The number of fused-ring (bicyclic) bond motifs is 9. The van der Waals surface area contributed by atoms with Gasteiger partial charge in [-0.15, -0.1) is 0 Å². The first-order valence-electron chi connectivity index (χ1n) is 23.5. The molecule has 0 unspecified atom stereocenters. The lowest BCUT2D eigenvalue weighted by atomic mass is 9.64. The maximum Gasteiger partial charge on any atom is 0.0972 e. The number of hydrogen-bond donors (Lipinski definition) is 0. The molecule has 69 heavy (non-hydrogen) atoms. The van der Waals surface area contributed by atoms with Crippen molar-refractivity contribution in [1.82, 2.24) is 29.9 Å². The van der Waals surface area contributed by atoms with Gasteiger partial charge in [-0.05, 0) is 156 Å². The van der Waals surface area contributed by atoms with Crippen LogP contribution in [0.3, 0.4) is 0 Å². The highest BCUT2D eigenvalue weighted by atomic mass is 14.8. The van der Waals surface area contributed by atoms with Gasteiger partial charge in [0.2, 0.25) is 0 Å². The van der Waals surface area contributed by atoms with Crippen LogP contribution in [0.1, 0.15) is 44.5 Å².